The van der Waals surface area contributed by atoms with Crippen LogP contribution >= 0.6 is 11.6 Å². The highest BCUT2D eigenvalue weighted by atomic mass is 35.5. The molecular formula is C18H20ClN3O3. The van der Waals surface area contributed by atoms with Crippen LogP contribution in [0.15, 0.2) is 30.5 Å². The fraction of sp³-hybridized carbons (Fsp3) is 0.333. The Bertz CT molecular complexity index is 776. The van der Waals surface area contributed by atoms with Crippen molar-refractivity contribution in [2.24, 2.45) is 0 Å². The number of anilines is 2. The average molecular weight is 362 g/mol. The second kappa shape index (κ2) is 7.61. The van der Waals surface area contributed by atoms with Crippen LogP contribution in [0.2, 0.25) is 5.02 Å². The Hall–Kier alpha value is -2.47. The summed E-state index contributed by atoms with van der Waals surface area (Å²) in [5.74, 6) is 1.41. The first-order chi connectivity index (χ1) is 12.1. The molecule has 0 saturated carbocycles. The van der Waals surface area contributed by atoms with Gasteiger partial charge in [0.15, 0.2) is 0 Å². The number of aromatic nitrogens is 1. The van der Waals surface area contributed by atoms with Gasteiger partial charge >= 0.3 is 0 Å². The standard InChI is InChI=1S/C18H20ClN3O3/c1-24-15-11-16(25-2)14(10-13(15)19)21-18(23)12-6-5-7-20-17(12)22-8-3-4-9-22/h5-7,10-11H,3-4,8-9H2,1-2H3,(H,21,23). The number of nitrogens with zero attached hydrogens (tertiary/aromatic N) is 2. The van der Waals surface area contributed by atoms with E-state index in [1.54, 1.807) is 30.5 Å². The van der Waals surface area contributed by atoms with Crippen LogP contribution in [0.4, 0.5) is 11.5 Å². The van der Waals surface area contributed by atoms with E-state index in [1.165, 1.54) is 14.2 Å². The number of pyridine rings is 1. The van der Waals surface area contributed by atoms with Gasteiger partial charge in [0.25, 0.3) is 5.91 Å². The van der Waals surface area contributed by atoms with Crippen LogP contribution in [-0.4, -0.2) is 38.2 Å². The van der Waals surface area contributed by atoms with E-state index < -0.39 is 0 Å². The lowest BCUT2D eigenvalue weighted by Crippen LogP contribution is -2.24. The summed E-state index contributed by atoms with van der Waals surface area (Å²) in [6.45, 7) is 1.82. The third kappa shape index (κ3) is 3.64. The monoisotopic (exact) mass is 361 g/mol. The molecule has 1 N–H and O–H groups in total. The minimum absolute atomic E-state index is 0.255. The highest BCUT2D eigenvalue weighted by Gasteiger charge is 2.21. The maximum Gasteiger partial charge on any atom is 0.259 e. The van der Waals surface area contributed by atoms with Crippen molar-refractivity contribution in [2.75, 3.05) is 37.5 Å². The average Bonchev–Trinajstić information content (AvgIpc) is 3.16. The first-order valence-corrected chi connectivity index (χ1v) is 8.44. The molecule has 1 saturated heterocycles. The normalized spacial score (nSPS) is 13.6. The molecule has 1 aliphatic rings. The summed E-state index contributed by atoms with van der Waals surface area (Å²) in [7, 11) is 3.05. The Kier molecular flexibility index (Phi) is 5.28. The molecule has 1 fully saturated rings. The molecule has 0 radical (unpaired) electrons. The number of hydrogen-bond acceptors (Lipinski definition) is 5. The van der Waals surface area contributed by atoms with E-state index in [0.29, 0.717) is 33.6 Å². The van der Waals surface area contributed by atoms with Crippen molar-refractivity contribution in [2.45, 2.75) is 12.8 Å². The molecular weight excluding hydrogens is 342 g/mol. The molecule has 1 aliphatic heterocycles. The summed E-state index contributed by atoms with van der Waals surface area (Å²) in [6, 6.07) is 6.78. The summed E-state index contributed by atoms with van der Waals surface area (Å²) in [5, 5.41) is 3.26. The quantitative estimate of drug-likeness (QED) is 0.881. The van der Waals surface area contributed by atoms with Crippen LogP contribution in [0, 0.1) is 0 Å². The van der Waals surface area contributed by atoms with Gasteiger partial charge in [-0.2, -0.15) is 0 Å². The van der Waals surface area contributed by atoms with Crippen molar-refractivity contribution in [3.8, 4) is 11.5 Å². The number of carbonyl (C=O) groups is 1. The van der Waals surface area contributed by atoms with Crippen LogP contribution in [0.1, 0.15) is 23.2 Å². The van der Waals surface area contributed by atoms with Crippen LogP contribution in [0.3, 0.4) is 0 Å². The third-order valence-corrected chi connectivity index (χ3v) is 4.45. The fourth-order valence-electron chi connectivity index (χ4n) is 2.90. The number of nitrogens with one attached hydrogen (secondary N) is 1. The largest absolute Gasteiger partial charge is 0.495 e. The molecule has 0 atom stereocenters. The predicted molar refractivity (Wildman–Crippen MR) is 98.2 cm³/mol. The van der Waals surface area contributed by atoms with Crippen LogP contribution in [-0.2, 0) is 0 Å². The Labute approximate surface area is 151 Å². The van der Waals surface area contributed by atoms with Gasteiger partial charge < -0.3 is 19.7 Å². The highest BCUT2D eigenvalue weighted by molar-refractivity contribution is 6.32. The molecule has 1 amide bonds. The van der Waals surface area contributed by atoms with Crippen LogP contribution < -0.4 is 19.7 Å². The van der Waals surface area contributed by atoms with E-state index >= 15 is 0 Å². The van der Waals surface area contributed by atoms with E-state index in [-0.39, 0.29) is 5.91 Å². The van der Waals surface area contributed by atoms with E-state index in [1.807, 2.05) is 0 Å². The van der Waals surface area contributed by atoms with Crippen molar-refractivity contribution < 1.29 is 14.3 Å². The van der Waals surface area contributed by atoms with Gasteiger partial charge in [0, 0.05) is 25.4 Å². The van der Waals surface area contributed by atoms with Crippen molar-refractivity contribution in [3.05, 3.63) is 41.0 Å². The Morgan fingerprint density at radius 3 is 2.60 bits per heavy atom. The Balaban J connectivity index is 1.89. The van der Waals surface area contributed by atoms with Gasteiger partial charge in [0.2, 0.25) is 0 Å². The minimum atomic E-state index is -0.255. The van der Waals surface area contributed by atoms with Crippen molar-refractivity contribution in [3.63, 3.8) is 0 Å². The predicted octanol–water partition coefficient (Wildman–Crippen LogP) is 3.60. The van der Waals surface area contributed by atoms with Gasteiger partial charge in [-0.25, -0.2) is 4.98 Å². The molecule has 6 nitrogen and oxygen atoms in total. The molecule has 7 heteroatoms. The number of rotatable bonds is 5. The molecule has 3 rings (SSSR count). The zero-order valence-electron chi connectivity index (χ0n) is 14.2. The van der Waals surface area contributed by atoms with E-state index in [9.17, 15) is 4.79 Å². The first kappa shape index (κ1) is 17.4. The van der Waals surface area contributed by atoms with E-state index in [2.05, 4.69) is 15.2 Å². The summed E-state index contributed by atoms with van der Waals surface area (Å²) < 4.78 is 10.5. The number of halogens is 1. The smallest absolute Gasteiger partial charge is 0.259 e. The lowest BCUT2D eigenvalue weighted by molar-refractivity contribution is 0.102. The summed E-state index contributed by atoms with van der Waals surface area (Å²) in [4.78, 5) is 19.3. The maximum atomic E-state index is 12.8. The van der Waals surface area contributed by atoms with Gasteiger partial charge in [-0.15, -0.1) is 0 Å². The number of carbonyl (C=O) groups excluding carboxylic acids is 1. The van der Waals surface area contributed by atoms with Crippen LogP contribution in [0.5, 0.6) is 11.5 Å². The Morgan fingerprint density at radius 1 is 1.20 bits per heavy atom. The highest BCUT2D eigenvalue weighted by Crippen LogP contribution is 2.36. The lowest BCUT2D eigenvalue weighted by Gasteiger charge is -2.20. The molecule has 0 unspecified atom stereocenters. The molecule has 2 aromatic rings. The number of ether oxygens (including phenoxy) is 2. The molecule has 0 spiro atoms. The van der Waals surface area contributed by atoms with Crippen molar-refractivity contribution >= 4 is 29.0 Å². The summed E-state index contributed by atoms with van der Waals surface area (Å²) in [5.41, 5.74) is 1.01. The van der Waals surface area contributed by atoms with Gasteiger partial charge in [-0.1, -0.05) is 11.6 Å². The maximum absolute atomic E-state index is 12.8. The van der Waals surface area contributed by atoms with Crippen molar-refractivity contribution in [1.82, 2.24) is 4.98 Å². The molecule has 1 aromatic carbocycles. The topological polar surface area (TPSA) is 63.7 Å². The molecule has 0 bridgehead atoms. The number of benzene rings is 1. The third-order valence-electron chi connectivity index (χ3n) is 4.16. The van der Waals surface area contributed by atoms with Crippen molar-refractivity contribution in [1.29, 1.82) is 0 Å². The second-order valence-electron chi connectivity index (χ2n) is 5.71. The van der Waals surface area contributed by atoms with Gasteiger partial charge in [0.1, 0.15) is 17.3 Å². The summed E-state index contributed by atoms with van der Waals surface area (Å²) >= 11 is 6.17. The minimum Gasteiger partial charge on any atom is -0.495 e. The first-order valence-electron chi connectivity index (χ1n) is 8.07. The molecule has 25 heavy (non-hydrogen) atoms. The molecule has 1 aromatic heterocycles. The fourth-order valence-corrected chi connectivity index (χ4v) is 3.14. The lowest BCUT2D eigenvalue weighted by atomic mass is 10.2. The molecule has 2 heterocycles. The van der Waals surface area contributed by atoms with Crippen LogP contribution in [0.25, 0.3) is 0 Å². The number of methoxy groups -OCH3 is 2. The summed E-state index contributed by atoms with van der Waals surface area (Å²) in [6.07, 6.45) is 3.92. The number of amides is 1. The molecule has 132 valence electrons. The number of hydrogen-bond donors (Lipinski definition) is 1. The zero-order valence-corrected chi connectivity index (χ0v) is 15.0. The Morgan fingerprint density at radius 2 is 1.92 bits per heavy atom. The van der Waals surface area contributed by atoms with E-state index in [4.69, 9.17) is 21.1 Å². The van der Waals surface area contributed by atoms with E-state index in [0.717, 1.165) is 25.9 Å². The van der Waals surface area contributed by atoms with Gasteiger partial charge in [-0.05, 0) is 31.0 Å². The van der Waals surface area contributed by atoms with Gasteiger partial charge in [-0.3, -0.25) is 4.79 Å². The van der Waals surface area contributed by atoms with Gasteiger partial charge in [0.05, 0.1) is 30.5 Å². The zero-order chi connectivity index (χ0) is 17.8. The molecule has 0 aliphatic carbocycles. The SMILES string of the molecule is COc1cc(OC)c(NC(=O)c2cccnc2N2CCCC2)cc1Cl. The second-order valence-corrected chi connectivity index (χ2v) is 6.12.